The van der Waals surface area contributed by atoms with Crippen LogP contribution in [0, 0.1) is 5.92 Å². The molecule has 0 aromatic heterocycles. The van der Waals surface area contributed by atoms with Crippen LogP contribution < -0.4 is 5.73 Å². The molecule has 1 rings (SSSR count). The van der Waals surface area contributed by atoms with Crippen LogP contribution in [0.15, 0.2) is 0 Å². The van der Waals surface area contributed by atoms with E-state index in [4.69, 9.17) is 10.5 Å². The lowest BCUT2D eigenvalue weighted by Crippen LogP contribution is -2.45. The van der Waals surface area contributed by atoms with Crippen LogP contribution in [-0.2, 0) is 4.74 Å². The van der Waals surface area contributed by atoms with Gasteiger partial charge in [0.15, 0.2) is 0 Å². The predicted molar refractivity (Wildman–Crippen MR) is 68.8 cm³/mol. The Balaban J connectivity index is 2.52. The molecule has 1 saturated heterocycles. The molecular weight excluding hydrogens is 216 g/mol. The normalized spacial score (nSPS) is 25.5. The average Bonchev–Trinajstić information content (AvgIpc) is 2.43. The Morgan fingerprint density at radius 1 is 1.47 bits per heavy atom. The Labute approximate surface area is 104 Å². The summed E-state index contributed by atoms with van der Waals surface area (Å²) in [6, 6.07) is 0. The van der Waals surface area contributed by atoms with Crippen LogP contribution in [0.1, 0.15) is 47.5 Å². The summed E-state index contributed by atoms with van der Waals surface area (Å²) in [5.74, 6) is 0.554. The number of hydrogen-bond acceptors (Lipinski definition) is 3. The highest BCUT2D eigenvalue weighted by atomic mass is 16.6. The summed E-state index contributed by atoms with van der Waals surface area (Å²) in [4.78, 5) is 13.6. The van der Waals surface area contributed by atoms with Crippen LogP contribution in [0.5, 0.6) is 0 Å². The molecule has 0 saturated carbocycles. The number of nitrogens with zero attached hydrogens (tertiary/aromatic N) is 1. The van der Waals surface area contributed by atoms with E-state index < -0.39 is 5.60 Å². The van der Waals surface area contributed by atoms with Gasteiger partial charge in [-0.1, -0.05) is 13.8 Å². The SMILES string of the molecule is CC(C)CC1(N)CCN(C(=O)OC(C)(C)C)C1. The second kappa shape index (κ2) is 4.84. The van der Waals surface area contributed by atoms with Crippen molar-refractivity contribution in [2.24, 2.45) is 11.7 Å². The quantitative estimate of drug-likeness (QED) is 0.808. The highest BCUT2D eigenvalue weighted by molar-refractivity contribution is 5.68. The molecule has 4 heteroatoms. The van der Waals surface area contributed by atoms with Gasteiger partial charge in [-0.05, 0) is 39.5 Å². The van der Waals surface area contributed by atoms with Crippen molar-refractivity contribution in [2.75, 3.05) is 13.1 Å². The predicted octanol–water partition coefficient (Wildman–Crippen LogP) is 2.37. The molecule has 1 atom stereocenters. The summed E-state index contributed by atoms with van der Waals surface area (Å²) in [5, 5.41) is 0. The fraction of sp³-hybridized carbons (Fsp3) is 0.923. The standard InChI is InChI=1S/C13H26N2O2/c1-10(2)8-13(14)6-7-15(9-13)11(16)17-12(3,4)5/h10H,6-9,14H2,1-5H3. The number of nitrogens with two attached hydrogens (primary N) is 1. The van der Waals surface area contributed by atoms with Gasteiger partial charge in [-0.3, -0.25) is 0 Å². The molecule has 0 aromatic rings. The van der Waals surface area contributed by atoms with Gasteiger partial charge in [-0.2, -0.15) is 0 Å². The van der Waals surface area contributed by atoms with Crippen molar-refractivity contribution < 1.29 is 9.53 Å². The van der Waals surface area contributed by atoms with Gasteiger partial charge in [0, 0.05) is 18.6 Å². The van der Waals surface area contributed by atoms with Gasteiger partial charge in [0.25, 0.3) is 0 Å². The monoisotopic (exact) mass is 242 g/mol. The molecular formula is C13H26N2O2. The number of amides is 1. The molecule has 2 N–H and O–H groups in total. The van der Waals surface area contributed by atoms with Crippen molar-refractivity contribution in [3.05, 3.63) is 0 Å². The third-order valence-electron chi connectivity index (χ3n) is 2.85. The van der Waals surface area contributed by atoms with E-state index >= 15 is 0 Å². The van der Waals surface area contributed by atoms with E-state index in [-0.39, 0.29) is 11.6 Å². The van der Waals surface area contributed by atoms with Crippen molar-refractivity contribution >= 4 is 6.09 Å². The van der Waals surface area contributed by atoms with Crippen molar-refractivity contribution in [3.63, 3.8) is 0 Å². The largest absolute Gasteiger partial charge is 0.444 e. The molecule has 1 fully saturated rings. The summed E-state index contributed by atoms with van der Waals surface area (Å²) in [6.45, 7) is 11.3. The highest BCUT2D eigenvalue weighted by Gasteiger charge is 2.38. The third-order valence-corrected chi connectivity index (χ3v) is 2.85. The molecule has 1 amide bonds. The summed E-state index contributed by atoms with van der Waals surface area (Å²) < 4.78 is 5.35. The Hall–Kier alpha value is -0.770. The van der Waals surface area contributed by atoms with E-state index in [1.165, 1.54) is 0 Å². The lowest BCUT2D eigenvalue weighted by Gasteiger charge is -2.28. The van der Waals surface area contributed by atoms with Crippen molar-refractivity contribution in [2.45, 2.75) is 58.6 Å². The van der Waals surface area contributed by atoms with Crippen LogP contribution >= 0.6 is 0 Å². The molecule has 0 spiro atoms. The van der Waals surface area contributed by atoms with Crippen LogP contribution in [0.4, 0.5) is 4.79 Å². The first-order valence-corrected chi connectivity index (χ1v) is 6.38. The molecule has 4 nitrogen and oxygen atoms in total. The van der Waals surface area contributed by atoms with E-state index in [1.807, 2.05) is 20.8 Å². The third kappa shape index (κ3) is 4.54. The lowest BCUT2D eigenvalue weighted by atomic mass is 9.89. The van der Waals surface area contributed by atoms with Crippen LogP contribution in [-0.4, -0.2) is 35.2 Å². The van der Waals surface area contributed by atoms with Gasteiger partial charge >= 0.3 is 6.09 Å². The molecule has 1 heterocycles. The molecule has 1 aliphatic rings. The van der Waals surface area contributed by atoms with Crippen molar-refractivity contribution in [3.8, 4) is 0 Å². The smallest absolute Gasteiger partial charge is 0.410 e. The van der Waals surface area contributed by atoms with Crippen molar-refractivity contribution in [1.29, 1.82) is 0 Å². The van der Waals surface area contributed by atoms with Crippen molar-refractivity contribution in [1.82, 2.24) is 4.90 Å². The zero-order valence-corrected chi connectivity index (χ0v) is 11.7. The van der Waals surface area contributed by atoms with E-state index in [1.54, 1.807) is 4.90 Å². The van der Waals surface area contributed by atoms with E-state index in [0.29, 0.717) is 19.0 Å². The minimum atomic E-state index is -0.436. The van der Waals surface area contributed by atoms with Crippen LogP contribution in [0.3, 0.4) is 0 Å². The molecule has 0 aromatic carbocycles. The van der Waals surface area contributed by atoms with Gasteiger partial charge in [-0.25, -0.2) is 4.79 Å². The molecule has 1 unspecified atom stereocenters. The fourth-order valence-electron chi connectivity index (χ4n) is 2.36. The zero-order chi connectivity index (χ0) is 13.3. The molecule has 0 radical (unpaired) electrons. The lowest BCUT2D eigenvalue weighted by molar-refractivity contribution is 0.0282. The molecule has 1 aliphatic heterocycles. The number of hydrogen-bond donors (Lipinski definition) is 1. The molecule has 0 aliphatic carbocycles. The van der Waals surface area contributed by atoms with Gasteiger partial charge < -0.3 is 15.4 Å². The first-order valence-electron chi connectivity index (χ1n) is 6.38. The average molecular weight is 242 g/mol. The maximum absolute atomic E-state index is 11.9. The number of carbonyl (C=O) groups is 1. The second-order valence-corrected chi connectivity index (χ2v) is 6.61. The van der Waals surface area contributed by atoms with Gasteiger partial charge in [0.1, 0.15) is 5.60 Å². The minimum absolute atomic E-state index is 0.231. The summed E-state index contributed by atoms with van der Waals surface area (Å²) in [6.07, 6.45) is 1.57. The Morgan fingerprint density at radius 2 is 2.06 bits per heavy atom. The van der Waals surface area contributed by atoms with Crippen LogP contribution in [0.2, 0.25) is 0 Å². The maximum Gasteiger partial charge on any atom is 0.410 e. The van der Waals surface area contributed by atoms with E-state index in [9.17, 15) is 4.79 Å². The van der Waals surface area contributed by atoms with E-state index in [2.05, 4.69) is 13.8 Å². The maximum atomic E-state index is 11.9. The Morgan fingerprint density at radius 3 is 2.53 bits per heavy atom. The molecule has 100 valence electrons. The fourth-order valence-corrected chi connectivity index (χ4v) is 2.36. The van der Waals surface area contributed by atoms with Gasteiger partial charge in [0.05, 0.1) is 0 Å². The summed E-state index contributed by atoms with van der Waals surface area (Å²) >= 11 is 0. The van der Waals surface area contributed by atoms with Crippen LogP contribution in [0.25, 0.3) is 0 Å². The number of ether oxygens (including phenoxy) is 1. The van der Waals surface area contributed by atoms with Gasteiger partial charge in [0.2, 0.25) is 0 Å². The number of rotatable bonds is 2. The van der Waals surface area contributed by atoms with E-state index in [0.717, 1.165) is 12.8 Å². The first-order chi connectivity index (χ1) is 7.61. The summed E-state index contributed by atoms with van der Waals surface area (Å²) in [5.41, 5.74) is 5.64. The summed E-state index contributed by atoms with van der Waals surface area (Å²) in [7, 11) is 0. The Bertz CT molecular complexity index is 284. The second-order valence-electron chi connectivity index (χ2n) is 6.61. The first kappa shape index (κ1) is 14.3. The molecule has 0 bridgehead atoms. The minimum Gasteiger partial charge on any atom is -0.444 e. The topological polar surface area (TPSA) is 55.6 Å². The van der Waals surface area contributed by atoms with Gasteiger partial charge in [-0.15, -0.1) is 0 Å². The molecule has 17 heavy (non-hydrogen) atoms. The number of carbonyl (C=O) groups excluding carboxylic acids is 1. The Kier molecular flexibility index (Phi) is 4.07. The highest BCUT2D eigenvalue weighted by Crippen LogP contribution is 2.26. The number of likely N-dealkylation sites (tertiary alicyclic amines) is 1. The zero-order valence-electron chi connectivity index (χ0n) is 11.7.